The van der Waals surface area contributed by atoms with Gasteiger partial charge < -0.3 is 9.84 Å². The number of carbonyl (C=O) groups excluding carboxylic acids is 1. The quantitative estimate of drug-likeness (QED) is 0.767. The number of amides is 1. The lowest BCUT2D eigenvalue weighted by molar-refractivity contribution is 0.0945. The molecule has 2 heterocycles. The summed E-state index contributed by atoms with van der Waals surface area (Å²) in [7, 11) is 0. The Kier molecular flexibility index (Phi) is 4.61. The van der Waals surface area contributed by atoms with Crippen LogP contribution in [-0.2, 0) is 13.1 Å². The van der Waals surface area contributed by atoms with Crippen LogP contribution < -0.4 is 5.32 Å². The van der Waals surface area contributed by atoms with E-state index in [1.807, 2.05) is 25.1 Å². The number of aryl methyl sites for hydroxylation is 1. The minimum Gasteiger partial charge on any atom is -0.359 e. The second-order valence-electron chi connectivity index (χ2n) is 5.42. The third kappa shape index (κ3) is 3.62. The van der Waals surface area contributed by atoms with Gasteiger partial charge in [0.2, 0.25) is 0 Å². The van der Waals surface area contributed by atoms with Crippen LogP contribution in [0.5, 0.6) is 0 Å². The lowest BCUT2D eigenvalue weighted by Crippen LogP contribution is -2.24. The summed E-state index contributed by atoms with van der Waals surface area (Å²) in [6, 6.07) is 9.10. The normalized spacial score (nSPS) is 10.8. The van der Waals surface area contributed by atoms with Crippen LogP contribution in [0.4, 0.5) is 0 Å². The SMILES string of the molecule is Cc1cc(Cn2nnc(C(=O)NCc3ccc(Cl)cc3)c2C)on1. The zero-order chi connectivity index (χ0) is 17.1. The molecule has 0 fully saturated rings. The lowest BCUT2D eigenvalue weighted by atomic mass is 10.2. The molecule has 0 saturated heterocycles. The topological polar surface area (TPSA) is 85.8 Å². The average molecular weight is 346 g/mol. The minimum atomic E-state index is -0.276. The van der Waals surface area contributed by atoms with Crippen molar-refractivity contribution in [2.75, 3.05) is 0 Å². The molecule has 0 radical (unpaired) electrons. The zero-order valence-corrected chi connectivity index (χ0v) is 14.0. The van der Waals surface area contributed by atoms with E-state index in [4.69, 9.17) is 16.1 Å². The maximum absolute atomic E-state index is 12.3. The third-order valence-electron chi connectivity index (χ3n) is 3.55. The molecule has 0 aliphatic rings. The van der Waals surface area contributed by atoms with E-state index in [0.29, 0.717) is 35.3 Å². The Morgan fingerprint density at radius 2 is 2.04 bits per heavy atom. The first-order chi connectivity index (χ1) is 11.5. The molecule has 0 atom stereocenters. The van der Waals surface area contributed by atoms with Crippen molar-refractivity contribution in [1.82, 2.24) is 25.5 Å². The fraction of sp³-hybridized carbons (Fsp3) is 0.250. The molecule has 7 nitrogen and oxygen atoms in total. The lowest BCUT2D eigenvalue weighted by Gasteiger charge is -2.04. The van der Waals surface area contributed by atoms with E-state index in [1.165, 1.54) is 0 Å². The van der Waals surface area contributed by atoms with Crippen LogP contribution >= 0.6 is 11.6 Å². The van der Waals surface area contributed by atoms with E-state index in [0.717, 1.165) is 11.3 Å². The Morgan fingerprint density at radius 3 is 2.71 bits per heavy atom. The maximum atomic E-state index is 12.3. The van der Waals surface area contributed by atoms with Crippen LogP contribution in [0.1, 0.15) is 33.2 Å². The number of nitrogens with zero attached hydrogens (tertiary/aromatic N) is 4. The molecule has 0 bridgehead atoms. The molecule has 0 aliphatic heterocycles. The van der Waals surface area contributed by atoms with Gasteiger partial charge in [-0.25, -0.2) is 4.68 Å². The molecule has 0 unspecified atom stereocenters. The van der Waals surface area contributed by atoms with Crippen molar-refractivity contribution in [3.05, 3.63) is 63.8 Å². The van der Waals surface area contributed by atoms with E-state index in [1.54, 1.807) is 23.7 Å². The van der Waals surface area contributed by atoms with Crippen molar-refractivity contribution in [3.8, 4) is 0 Å². The number of nitrogens with one attached hydrogen (secondary N) is 1. The largest absolute Gasteiger partial charge is 0.359 e. The van der Waals surface area contributed by atoms with Crippen LogP contribution in [-0.4, -0.2) is 26.1 Å². The van der Waals surface area contributed by atoms with Crippen molar-refractivity contribution in [2.45, 2.75) is 26.9 Å². The van der Waals surface area contributed by atoms with Gasteiger partial charge in [0.1, 0.15) is 6.54 Å². The average Bonchev–Trinajstić information content (AvgIpc) is 3.13. The monoisotopic (exact) mass is 345 g/mol. The summed E-state index contributed by atoms with van der Waals surface area (Å²) >= 11 is 5.84. The molecular formula is C16H16ClN5O2. The molecule has 3 rings (SSSR count). The predicted octanol–water partition coefficient (Wildman–Crippen LogP) is 2.51. The second-order valence-corrected chi connectivity index (χ2v) is 5.86. The van der Waals surface area contributed by atoms with Crippen molar-refractivity contribution in [2.24, 2.45) is 0 Å². The Balaban J connectivity index is 1.66. The molecule has 1 N–H and O–H groups in total. The van der Waals surface area contributed by atoms with E-state index < -0.39 is 0 Å². The third-order valence-corrected chi connectivity index (χ3v) is 3.80. The van der Waals surface area contributed by atoms with Gasteiger partial charge in [0.05, 0.1) is 11.4 Å². The summed E-state index contributed by atoms with van der Waals surface area (Å²) in [6.45, 7) is 4.41. The summed E-state index contributed by atoms with van der Waals surface area (Å²) in [4.78, 5) is 12.3. The number of benzene rings is 1. The van der Waals surface area contributed by atoms with Gasteiger partial charge in [0, 0.05) is 17.6 Å². The highest BCUT2D eigenvalue weighted by Crippen LogP contribution is 2.11. The fourth-order valence-electron chi connectivity index (χ4n) is 2.23. The highest BCUT2D eigenvalue weighted by molar-refractivity contribution is 6.30. The number of aromatic nitrogens is 4. The van der Waals surface area contributed by atoms with Gasteiger partial charge >= 0.3 is 0 Å². The summed E-state index contributed by atoms with van der Waals surface area (Å²) in [5.74, 6) is 0.385. The summed E-state index contributed by atoms with van der Waals surface area (Å²) < 4.78 is 6.77. The predicted molar refractivity (Wildman–Crippen MR) is 87.7 cm³/mol. The van der Waals surface area contributed by atoms with Crippen LogP contribution in [0.15, 0.2) is 34.9 Å². The molecule has 0 saturated carbocycles. The van der Waals surface area contributed by atoms with Crippen molar-refractivity contribution in [3.63, 3.8) is 0 Å². The molecule has 8 heteroatoms. The first kappa shape index (κ1) is 16.2. The highest BCUT2D eigenvalue weighted by atomic mass is 35.5. The number of hydrogen-bond acceptors (Lipinski definition) is 5. The summed E-state index contributed by atoms with van der Waals surface area (Å²) in [5.41, 5.74) is 2.71. The molecule has 0 aliphatic carbocycles. The summed E-state index contributed by atoms with van der Waals surface area (Å²) in [5, 5.41) is 15.3. The molecule has 124 valence electrons. The zero-order valence-electron chi connectivity index (χ0n) is 13.3. The first-order valence-corrected chi connectivity index (χ1v) is 7.75. The van der Waals surface area contributed by atoms with Gasteiger partial charge in [-0.15, -0.1) is 5.10 Å². The van der Waals surface area contributed by atoms with Crippen LogP contribution in [0.3, 0.4) is 0 Å². The second kappa shape index (κ2) is 6.84. The first-order valence-electron chi connectivity index (χ1n) is 7.38. The standard InChI is InChI=1S/C16H16ClN5O2/c1-10-7-14(24-20-10)9-22-11(2)15(19-21-22)16(23)18-8-12-3-5-13(17)6-4-12/h3-7H,8-9H2,1-2H3,(H,18,23). The number of rotatable bonds is 5. The molecule has 0 spiro atoms. The smallest absolute Gasteiger partial charge is 0.274 e. The molecular weight excluding hydrogens is 330 g/mol. The fourth-order valence-corrected chi connectivity index (χ4v) is 2.35. The number of hydrogen-bond donors (Lipinski definition) is 1. The minimum absolute atomic E-state index is 0.276. The molecule has 1 amide bonds. The summed E-state index contributed by atoms with van der Waals surface area (Å²) in [6.07, 6.45) is 0. The van der Waals surface area contributed by atoms with Gasteiger partial charge in [-0.1, -0.05) is 34.1 Å². The molecule has 2 aromatic heterocycles. The van der Waals surface area contributed by atoms with E-state index in [-0.39, 0.29) is 5.91 Å². The molecule has 1 aromatic carbocycles. The van der Waals surface area contributed by atoms with Crippen LogP contribution in [0.2, 0.25) is 5.02 Å². The van der Waals surface area contributed by atoms with Crippen molar-refractivity contribution >= 4 is 17.5 Å². The maximum Gasteiger partial charge on any atom is 0.274 e. The number of halogens is 1. The van der Waals surface area contributed by atoms with Crippen LogP contribution in [0, 0.1) is 13.8 Å². The molecule has 3 aromatic rings. The Labute approximate surface area is 143 Å². The Morgan fingerprint density at radius 1 is 1.29 bits per heavy atom. The van der Waals surface area contributed by atoms with Crippen molar-refractivity contribution in [1.29, 1.82) is 0 Å². The van der Waals surface area contributed by atoms with E-state index in [9.17, 15) is 4.79 Å². The van der Waals surface area contributed by atoms with Crippen LogP contribution in [0.25, 0.3) is 0 Å². The highest BCUT2D eigenvalue weighted by Gasteiger charge is 2.17. The van der Waals surface area contributed by atoms with Gasteiger partial charge in [-0.3, -0.25) is 4.79 Å². The van der Waals surface area contributed by atoms with Gasteiger partial charge in [0.15, 0.2) is 11.5 Å². The van der Waals surface area contributed by atoms with Crippen molar-refractivity contribution < 1.29 is 9.32 Å². The molecule has 24 heavy (non-hydrogen) atoms. The van der Waals surface area contributed by atoms with E-state index in [2.05, 4.69) is 20.8 Å². The van der Waals surface area contributed by atoms with Gasteiger partial charge in [0.25, 0.3) is 5.91 Å². The van der Waals surface area contributed by atoms with Gasteiger partial charge in [-0.2, -0.15) is 0 Å². The Hall–Kier alpha value is -2.67. The van der Waals surface area contributed by atoms with E-state index >= 15 is 0 Å². The Bertz CT molecular complexity index is 854. The van der Waals surface area contributed by atoms with Gasteiger partial charge in [-0.05, 0) is 31.5 Å². The number of carbonyl (C=O) groups is 1.